The molecule has 4 aromatic rings. The Balaban J connectivity index is 1.58. The number of halogens is 2. The van der Waals surface area contributed by atoms with Gasteiger partial charge in [0.2, 0.25) is 0 Å². The van der Waals surface area contributed by atoms with Crippen LogP contribution in [0.25, 0.3) is 28.4 Å². The van der Waals surface area contributed by atoms with Gasteiger partial charge in [-0.05, 0) is 49.6 Å². The molecule has 2 aromatic heterocycles. The van der Waals surface area contributed by atoms with Gasteiger partial charge in [0.1, 0.15) is 23.0 Å². The molecular weight excluding hydrogens is 496 g/mol. The number of benzene rings is 2. The van der Waals surface area contributed by atoms with Crippen molar-refractivity contribution in [1.29, 1.82) is 0 Å². The predicted octanol–water partition coefficient (Wildman–Crippen LogP) is 4.72. The lowest BCUT2D eigenvalue weighted by atomic mass is 10.0. The number of aromatic nitrogens is 3. The second-order valence-corrected chi connectivity index (χ2v) is 9.17. The van der Waals surface area contributed by atoms with Crippen LogP contribution in [0.5, 0.6) is 0 Å². The van der Waals surface area contributed by atoms with Crippen molar-refractivity contribution in [1.82, 2.24) is 19.7 Å². The molecule has 1 aliphatic heterocycles. The number of para-hydroxylation sites is 1. The number of piperidine rings is 1. The van der Waals surface area contributed by atoms with E-state index in [0.29, 0.717) is 31.6 Å². The molecule has 5 rings (SSSR count). The zero-order valence-corrected chi connectivity index (χ0v) is 20.8. The monoisotopic (exact) mass is 521 g/mol. The van der Waals surface area contributed by atoms with Gasteiger partial charge in [0.15, 0.2) is 5.76 Å². The number of hydrogen-bond donors (Lipinski definition) is 1. The summed E-state index contributed by atoms with van der Waals surface area (Å²) in [7, 11) is 1.54. The molecule has 0 spiro atoms. The third kappa shape index (κ3) is 4.74. The number of hydrogen-bond acceptors (Lipinski definition) is 6. The Hall–Kier alpha value is -4.54. The van der Waals surface area contributed by atoms with Crippen LogP contribution in [0.3, 0.4) is 0 Å². The molecule has 0 aliphatic carbocycles. The van der Waals surface area contributed by atoms with Gasteiger partial charge in [-0.15, -0.1) is 0 Å². The van der Waals surface area contributed by atoms with E-state index < -0.39 is 17.7 Å². The fourth-order valence-electron chi connectivity index (χ4n) is 4.59. The second-order valence-electron chi connectivity index (χ2n) is 9.17. The first-order chi connectivity index (χ1) is 18.2. The molecule has 3 heterocycles. The Morgan fingerprint density at radius 1 is 1.11 bits per heavy atom. The van der Waals surface area contributed by atoms with Gasteiger partial charge in [-0.1, -0.05) is 18.2 Å². The van der Waals surface area contributed by atoms with Crippen LogP contribution < -0.4 is 10.5 Å². The molecule has 0 unspecified atom stereocenters. The minimum absolute atomic E-state index is 0.0207. The highest BCUT2D eigenvalue weighted by Gasteiger charge is 2.29. The molecule has 0 radical (unpaired) electrons. The van der Waals surface area contributed by atoms with E-state index in [2.05, 4.69) is 10.1 Å². The SMILES string of the molecule is Cc1ccccc1-n1nc(-c2oc(N3CCC(N(C)C(=O)O)CC3)nc2-c2ccc(F)cc2F)ccc1=O. The maximum atomic E-state index is 14.9. The maximum absolute atomic E-state index is 14.9. The van der Waals surface area contributed by atoms with Crippen molar-refractivity contribution in [3.05, 3.63) is 82.1 Å². The van der Waals surface area contributed by atoms with Gasteiger partial charge in [-0.3, -0.25) is 4.79 Å². The number of carboxylic acid groups (broad SMARTS) is 1. The molecule has 1 saturated heterocycles. The molecule has 1 N–H and O–H groups in total. The van der Waals surface area contributed by atoms with Crippen LogP contribution in [-0.2, 0) is 0 Å². The van der Waals surface area contributed by atoms with Crippen LogP contribution in [-0.4, -0.2) is 57.0 Å². The topological polar surface area (TPSA) is 105 Å². The number of rotatable bonds is 5. The quantitative estimate of drug-likeness (QED) is 0.405. The summed E-state index contributed by atoms with van der Waals surface area (Å²) in [6, 6.07) is 13.3. The Bertz CT molecular complexity index is 1560. The summed E-state index contributed by atoms with van der Waals surface area (Å²) in [5, 5.41) is 13.8. The van der Waals surface area contributed by atoms with E-state index in [-0.39, 0.29) is 40.3 Å². The van der Waals surface area contributed by atoms with Crippen LogP contribution in [0, 0.1) is 18.6 Å². The molecular formula is C27H25F2N5O4. The highest BCUT2D eigenvalue weighted by Crippen LogP contribution is 2.37. The fraction of sp³-hybridized carbons (Fsp3) is 0.259. The van der Waals surface area contributed by atoms with E-state index in [0.717, 1.165) is 17.7 Å². The van der Waals surface area contributed by atoms with Crippen molar-refractivity contribution < 1.29 is 23.1 Å². The average molecular weight is 522 g/mol. The molecule has 38 heavy (non-hydrogen) atoms. The van der Waals surface area contributed by atoms with Crippen LogP contribution in [0.15, 0.2) is 63.8 Å². The van der Waals surface area contributed by atoms with Gasteiger partial charge >= 0.3 is 6.09 Å². The first kappa shape index (κ1) is 25.1. The van der Waals surface area contributed by atoms with Crippen LogP contribution >= 0.6 is 0 Å². The first-order valence-electron chi connectivity index (χ1n) is 12.1. The predicted molar refractivity (Wildman–Crippen MR) is 136 cm³/mol. The van der Waals surface area contributed by atoms with Crippen LogP contribution in [0.2, 0.25) is 0 Å². The molecule has 1 fully saturated rings. The standard InChI is InChI=1S/C27H25F2N5O4/c1-16-5-3-4-6-22(16)34-23(35)10-9-21(31-34)25-24(19-8-7-17(28)15-20(19)29)30-26(38-25)33-13-11-18(12-14-33)32(2)27(36)37/h3-10,15,18H,11-14H2,1-2H3,(H,36,37). The van der Waals surface area contributed by atoms with E-state index in [1.54, 1.807) is 12.1 Å². The molecule has 1 aliphatic rings. The highest BCUT2D eigenvalue weighted by molar-refractivity contribution is 5.76. The number of carbonyl (C=O) groups is 1. The third-order valence-electron chi connectivity index (χ3n) is 6.76. The normalized spacial score (nSPS) is 14.1. The summed E-state index contributed by atoms with van der Waals surface area (Å²) < 4.78 is 35.9. The van der Waals surface area contributed by atoms with Gasteiger partial charge < -0.3 is 19.3 Å². The van der Waals surface area contributed by atoms with Crippen molar-refractivity contribution in [2.24, 2.45) is 0 Å². The van der Waals surface area contributed by atoms with Gasteiger partial charge in [0.25, 0.3) is 11.6 Å². The fourth-order valence-corrected chi connectivity index (χ4v) is 4.59. The second kappa shape index (κ2) is 10.1. The summed E-state index contributed by atoms with van der Waals surface area (Å²) in [4.78, 5) is 31.7. The molecule has 11 heteroatoms. The van der Waals surface area contributed by atoms with Crippen molar-refractivity contribution in [2.45, 2.75) is 25.8 Å². The van der Waals surface area contributed by atoms with Gasteiger partial charge in [0.05, 0.1) is 5.69 Å². The van der Waals surface area contributed by atoms with E-state index in [9.17, 15) is 23.5 Å². The van der Waals surface area contributed by atoms with E-state index >= 15 is 0 Å². The Morgan fingerprint density at radius 2 is 1.84 bits per heavy atom. The average Bonchev–Trinajstić information content (AvgIpc) is 3.34. The minimum atomic E-state index is -0.995. The van der Waals surface area contributed by atoms with E-state index in [4.69, 9.17) is 4.42 Å². The number of amides is 1. The van der Waals surface area contributed by atoms with Crippen LogP contribution in [0.1, 0.15) is 18.4 Å². The molecule has 1 amide bonds. The summed E-state index contributed by atoms with van der Waals surface area (Å²) in [5.41, 5.74) is 1.43. The molecule has 9 nitrogen and oxygen atoms in total. The zero-order valence-electron chi connectivity index (χ0n) is 20.8. The van der Waals surface area contributed by atoms with Gasteiger partial charge in [-0.25, -0.2) is 13.6 Å². The Labute approximate surface area is 216 Å². The van der Waals surface area contributed by atoms with Crippen molar-refractivity contribution >= 4 is 12.1 Å². The molecule has 0 atom stereocenters. The van der Waals surface area contributed by atoms with Crippen LogP contribution in [0.4, 0.5) is 19.6 Å². The summed E-state index contributed by atoms with van der Waals surface area (Å²) >= 11 is 0. The number of anilines is 1. The van der Waals surface area contributed by atoms with E-state index in [1.165, 1.54) is 34.8 Å². The smallest absolute Gasteiger partial charge is 0.407 e. The number of aryl methyl sites for hydroxylation is 1. The van der Waals surface area contributed by atoms with Crippen molar-refractivity contribution in [3.63, 3.8) is 0 Å². The molecule has 0 saturated carbocycles. The third-order valence-corrected chi connectivity index (χ3v) is 6.76. The van der Waals surface area contributed by atoms with Gasteiger partial charge in [-0.2, -0.15) is 14.8 Å². The Morgan fingerprint density at radius 3 is 2.53 bits per heavy atom. The summed E-state index contributed by atoms with van der Waals surface area (Å²) in [6.45, 7) is 2.78. The maximum Gasteiger partial charge on any atom is 0.407 e. The Kier molecular flexibility index (Phi) is 6.66. The lowest BCUT2D eigenvalue weighted by molar-refractivity contribution is 0.130. The minimum Gasteiger partial charge on any atom is -0.465 e. The number of nitrogens with zero attached hydrogens (tertiary/aromatic N) is 5. The van der Waals surface area contributed by atoms with E-state index in [1.807, 2.05) is 24.0 Å². The molecule has 0 bridgehead atoms. The van der Waals surface area contributed by atoms with Gasteiger partial charge in [0, 0.05) is 43.9 Å². The van der Waals surface area contributed by atoms with Crippen molar-refractivity contribution in [3.8, 4) is 28.4 Å². The largest absolute Gasteiger partial charge is 0.465 e. The zero-order chi connectivity index (χ0) is 27.0. The lowest BCUT2D eigenvalue weighted by Gasteiger charge is -2.34. The lowest BCUT2D eigenvalue weighted by Crippen LogP contribution is -2.45. The highest BCUT2D eigenvalue weighted by atomic mass is 19.1. The molecule has 196 valence electrons. The van der Waals surface area contributed by atoms with Crippen molar-refractivity contribution in [2.75, 3.05) is 25.0 Å². The molecule has 2 aromatic carbocycles. The first-order valence-corrected chi connectivity index (χ1v) is 12.1. The number of oxazole rings is 1. The summed E-state index contributed by atoms with van der Waals surface area (Å²) in [5.74, 6) is -1.43. The summed E-state index contributed by atoms with van der Waals surface area (Å²) in [6.07, 6.45) is 0.111.